The fourth-order valence-corrected chi connectivity index (χ4v) is 4.81. The zero-order valence-electron chi connectivity index (χ0n) is 14.1. The molecule has 0 amide bonds. The first-order valence-corrected chi connectivity index (χ1v) is 8.79. The molecule has 0 saturated carbocycles. The van der Waals surface area contributed by atoms with Gasteiger partial charge in [-0.25, -0.2) is 0 Å². The normalized spacial score (nSPS) is 28.8. The molecule has 0 saturated heterocycles. The van der Waals surface area contributed by atoms with Gasteiger partial charge in [0.25, 0.3) is 0 Å². The van der Waals surface area contributed by atoms with Gasteiger partial charge in [-0.1, -0.05) is 40.7 Å². The number of methoxy groups -OCH3 is 1. The van der Waals surface area contributed by atoms with Crippen molar-refractivity contribution in [3.05, 3.63) is 59.7 Å². The van der Waals surface area contributed by atoms with Crippen LogP contribution >= 0.6 is 15.9 Å². The molecule has 0 aromatic heterocycles. The molecule has 0 radical (unpaired) electrons. The first-order chi connectivity index (χ1) is 11.8. The fourth-order valence-electron chi connectivity index (χ4n) is 3.77. The Morgan fingerprint density at radius 1 is 1.40 bits per heavy atom. The number of rotatable bonds is 3. The van der Waals surface area contributed by atoms with E-state index in [0.29, 0.717) is 17.7 Å². The number of hydrogen-bond acceptors (Lipinski definition) is 4. The van der Waals surface area contributed by atoms with Crippen LogP contribution in [0.25, 0.3) is 0 Å². The maximum absolute atomic E-state index is 12.9. The molecule has 130 valence electrons. The molecule has 0 fully saturated rings. The Hall–Kier alpha value is -2.14. The van der Waals surface area contributed by atoms with Crippen molar-refractivity contribution in [2.75, 3.05) is 7.11 Å². The van der Waals surface area contributed by atoms with Crippen LogP contribution in [-0.2, 0) is 9.59 Å². The molecule has 3 rings (SSSR count). The lowest BCUT2D eigenvalue weighted by Gasteiger charge is -2.45. The van der Waals surface area contributed by atoms with Crippen molar-refractivity contribution in [1.29, 1.82) is 0 Å². The number of halogens is 1. The van der Waals surface area contributed by atoms with Crippen molar-refractivity contribution >= 4 is 27.5 Å². The van der Waals surface area contributed by atoms with E-state index in [0.717, 1.165) is 11.1 Å². The monoisotopic (exact) mass is 402 g/mol. The average molecular weight is 403 g/mol. The predicted octanol–water partition coefficient (Wildman–Crippen LogP) is 3.85. The van der Waals surface area contributed by atoms with E-state index in [1.807, 2.05) is 6.08 Å². The maximum Gasteiger partial charge on any atom is 0.174 e. The van der Waals surface area contributed by atoms with Gasteiger partial charge in [0.05, 0.1) is 7.11 Å². The lowest BCUT2D eigenvalue weighted by Crippen LogP contribution is -2.52. The summed E-state index contributed by atoms with van der Waals surface area (Å²) in [5.41, 5.74) is 2.06. The number of allylic oxidation sites excluding steroid dienone is 5. The summed E-state index contributed by atoms with van der Waals surface area (Å²) < 4.78 is 4.02. The van der Waals surface area contributed by atoms with Crippen molar-refractivity contribution in [2.24, 2.45) is 5.92 Å². The van der Waals surface area contributed by atoms with Crippen molar-refractivity contribution < 1.29 is 19.4 Å². The number of aromatic hydroxyl groups is 1. The quantitative estimate of drug-likeness (QED) is 0.779. The number of hydrogen-bond donors (Lipinski definition) is 1. The molecular weight excluding hydrogens is 384 g/mol. The van der Waals surface area contributed by atoms with Gasteiger partial charge in [0.2, 0.25) is 0 Å². The predicted molar refractivity (Wildman–Crippen MR) is 99.2 cm³/mol. The molecule has 4 nitrogen and oxygen atoms in total. The average Bonchev–Trinajstić information content (AvgIpc) is 2.59. The third-order valence-electron chi connectivity index (χ3n) is 5.05. The molecule has 0 unspecified atom stereocenters. The lowest BCUT2D eigenvalue weighted by molar-refractivity contribution is -0.128. The highest BCUT2D eigenvalue weighted by Gasteiger charge is 2.56. The fraction of sp³-hybridized carbons (Fsp3) is 0.300. The first-order valence-electron chi connectivity index (χ1n) is 7.99. The largest absolute Gasteiger partial charge is 0.504 e. The molecule has 2 aliphatic carbocycles. The Balaban J connectivity index is 2.21. The zero-order valence-corrected chi connectivity index (χ0v) is 15.7. The van der Waals surface area contributed by atoms with E-state index in [1.165, 1.54) is 13.2 Å². The minimum atomic E-state index is -1.08. The summed E-state index contributed by atoms with van der Waals surface area (Å²) in [5.74, 6) is -0.737. The van der Waals surface area contributed by atoms with Gasteiger partial charge in [0.15, 0.2) is 23.1 Å². The second-order valence-electron chi connectivity index (χ2n) is 6.38. The second-order valence-corrected chi connectivity index (χ2v) is 7.70. The van der Waals surface area contributed by atoms with Crippen LogP contribution in [0.1, 0.15) is 24.8 Å². The van der Waals surface area contributed by atoms with E-state index >= 15 is 0 Å². The number of Topliss-reactive ketones (excluding diaryl/α,β-unsaturated/α-hetero) is 1. The Morgan fingerprint density at radius 3 is 2.72 bits per heavy atom. The van der Waals surface area contributed by atoms with E-state index in [1.54, 1.807) is 31.2 Å². The van der Waals surface area contributed by atoms with Crippen LogP contribution < -0.4 is 4.74 Å². The molecule has 5 heteroatoms. The van der Waals surface area contributed by atoms with Crippen molar-refractivity contribution in [1.82, 2.24) is 0 Å². The first kappa shape index (κ1) is 17.7. The van der Waals surface area contributed by atoms with Gasteiger partial charge in [0, 0.05) is 11.8 Å². The highest BCUT2D eigenvalue weighted by Crippen LogP contribution is 2.54. The lowest BCUT2D eigenvalue weighted by atomic mass is 9.63. The van der Waals surface area contributed by atoms with Gasteiger partial charge >= 0.3 is 0 Å². The highest BCUT2D eigenvalue weighted by atomic mass is 79.9. The molecule has 1 aromatic carbocycles. The van der Waals surface area contributed by atoms with E-state index < -0.39 is 16.2 Å². The van der Waals surface area contributed by atoms with Crippen LogP contribution in [0.15, 0.2) is 54.2 Å². The summed E-state index contributed by atoms with van der Waals surface area (Å²) in [6.45, 7) is 5.53. The Kier molecular flexibility index (Phi) is 4.45. The standard InChI is InChI=1S/C20H19BrO4/c1-4-12-5-7-14-19(24)11(2)9-17(23)20(14,21)18(12)13-6-8-16(25-3)15(22)10-13/h4-6,8-10,14,18,22H,1,7H2,2-3H3/t14-,18+,20+/m0/s1. The molecular formula is C20H19BrO4. The van der Waals surface area contributed by atoms with Crippen LogP contribution in [0.2, 0.25) is 0 Å². The van der Waals surface area contributed by atoms with Crippen molar-refractivity contribution in [3.63, 3.8) is 0 Å². The minimum Gasteiger partial charge on any atom is -0.504 e. The SMILES string of the molecule is C=CC1=CC[C@H]2C(=O)C(C)=CC(=O)[C@@]2(Br)[C@H]1c1ccc(OC)c(O)c1. The molecule has 0 aliphatic heterocycles. The third-order valence-corrected chi connectivity index (χ3v) is 6.45. The number of ether oxygens (including phenoxy) is 1. The number of carbonyl (C=O) groups is 2. The van der Waals surface area contributed by atoms with Crippen LogP contribution in [0.5, 0.6) is 11.5 Å². The minimum absolute atomic E-state index is 0.0112. The molecule has 0 bridgehead atoms. The number of phenols is 1. The summed E-state index contributed by atoms with van der Waals surface area (Å²) in [6, 6.07) is 5.03. The number of fused-ring (bicyclic) bond motifs is 1. The third kappa shape index (κ3) is 2.58. The van der Waals surface area contributed by atoms with Crippen LogP contribution in [0.4, 0.5) is 0 Å². The van der Waals surface area contributed by atoms with Gasteiger partial charge in [-0.05, 0) is 48.3 Å². The van der Waals surface area contributed by atoms with E-state index in [9.17, 15) is 14.7 Å². The topological polar surface area (TPSA) is 63.6 Å². The summed E-state index contributed by atoms with van der Waals surface area (Å²) in [4.78, 5) is 25.6. The van der Waals surface area contributed by atoms with E-state index in [-0.39, 0.29) is 17.3 Å². The second kappa shape index (κ2) is 6.30. The van der Waals surface area contributed by atoms with Crippen LogP contribution in [-0.4, -0.2) is 28.1 Å². The van der Waals surface area contributed by atoms with Gasteiger partial charge in [-0.3, -0.25) is 9.59 Å². The van der Waals surface area contributed by atoms with Crippen LogP contribution in [0, 0.1) is 5.92 Å². The summed E-state index contributed by atoms with van der Waals surface area (Å²) in [6.07, 6.45) is 5.54. The molecule has 25 heavy (non-hydrogen) atoms. The Bertz CT molecular complexity index is 836. The molecule has 2 aliphatic rings. The van der Waals surface area contributed by atoms with Crippen molar-refractivity contribution in [2.45, 2.75) is 23.6 Å². The molecule has 1 N–H and O–H groups in total. The zero-order chi connectivity index (χ0) is 18.4. The Morgan fingerprint density at radius 2 is 2.12 bits per heavy atom. The van der Waals surface area contributed by atoms with Crippen molar-refractivity contribution in [3.8, 4) is 11.5 Å². The smallest absolute Gasteiger partial charge is 0.174 e. The van der Waals surface area contributed by atoms with E-state index in [4.69, 9.17) is 4.74 Å². The summed E-state index contributed by atoms with van der Waals surface area (Å²) in [7, 11) is 1.48. The number of ketones is 2. The Labute approximate surface area is 155 Å². The van der Waals surface area contributed by atoms with Gasteiger partial charge in [-0.15, -0.1) is 0 Å². The van der Waals surface area contributed by atoms with Gasteiger partial charge < -0.3 is 9.84 Å². The summed E-state index contributed by atoms with van der Waals surface area (Å²) in [5, 5.41) is 10.2. The molecule has 3 atom stereocenters. The molecule has 1 aromatic rings. The van der Waals surface area contributed by atoms with E-state index in [2.05, 4.69) is 22.5 Å². The number of phenolic OH excluding ortho intramolecular Hbond substituents is 1. The van der Waals surface area contributed by atoms with Crippen LogP contribution in [0.3, 0.4) is 0 Å². The maximum atomic E-state index is 12.9. The number of alkyl halides is 1. The molecule has 0 heterocycles. The molecule has 0 spiro atoms. The van der Waals surface area contributed by atoms with Gasteiger partial charge in [0.1, 0.15) is 4.32 Å². The number of carbonyl (C=O) groups excluding carboxylic acids is 2. The summed E-state index contributed by atoms with van der Waals surface area (Å²) >= 11 is 3.63. The highest BCUT2D eigenvalue weighted by molar-refractivity contribution is 9.10. The number of benzene rings is 1. The van der Waals surface area contributed by atoms with Gasteiger partial charge in [-0.2, -0.15) is 0 Å².